The number of amides is 2. The Morgan fingerprint density at radius 1 is 1.00 bits per heavy atom. The van der Waals surface area contributed by atoms with Crippen LogP contribution in [0.1, 0.15) is 54.8 Å². The quantitative estimate of drug-likeness (QED) is 0.595. The molecule has 0 bridgehead atoms. The highest BCUT2D eigenvalue weighted by molar-refractivity contribution is 7.80. The lowest BCUT2D eigenvalue weighted by atomic mass is 10.2. The van der Waals surface area contributed by atoms with Crippen molar-refractivity contribution < 1.29 is 14.3 Å². The van der Waals surface area contributed by atoms with Gasteiger partial charge in [-0.25, -0.2) is 0 Å². The maximum absolute atomic E-state index is 12.5. The second-order valence-corrected chi connectivity index (χ2v) is 7.39. The number of carbonyl (C=O) groups excluding carboxylic acids is 2. The first-order valence-electron chi connectivity index (χ1n) is 9.58. The van der Waals surface area contributed by atoms with Crippen molar-refractivity contribution in [2.75, 3.05) is 5.32 Å². The lowest BCUT2D eigenvalue weighted by Gasteiger charge is -2.14. The first kappa shape index (κ1) is 22.4. The summed E-state index contributed by atoms with van der Waals surface area (Å²) in [6, 6.07) is 13.9. The fourth-order valence-electron chi connectivity index (χ4n) is 2.41. The molecule has 2 aromatic carbocycles. The summed E-state index contributed by atoms with van der Waals surface area (Å²) in [6.07, 6.45) is 0.948. The summed E-state index contributed by atoms with van der Waals surface area (Å²) in [5, 5.41) is 8.59. The van der Waals surface area contributed by atoms with E-state index in [4.69, 9.17) is 17.0 Å². The molecule has 0 heterocycles. The lowest BCUT2D eigenvalue weighted by Crippen LogP contribution is -2.34. The molecule has 0 aromatic heterocycles. The highest BCUT2D eigenvalue weighted by Crippen LogP contribution is 2.16. The Morgan fingerprint density at radius 2 is 1.69 bits per heavy atom. The fourth-order valence-corrected chi connectivity index (χ4v) is 2.62. The summed E-state index contributed by atoms with van der Waals surface area (Å²) in [5.41, 5.74) is 1.68. The normalized spacial score (nSPS) is 11.5. The van der Waals surface area contributed by atoms with Gasteiger partial charge in [-0.2, -0.15) is 0 Å². The van der Waals surface area contributed by atoms with E-state index in [-0.39, 0.29) is 29.1 Å². The largest absolute Gasteiger partial charge is 0.491 e. The number of rotatable bonds is 7. The molecule has 29 heavy (non-hydrogen) atoms. The third-order valence-corrected chi connectivity index (χ3v) is 4.26. The van der Waals surface area contributed by atoms with Crippen molar-refractivity contribution in [2.24, 2.45) is 0 Å². The highest BCUT2D eigenvalue weighted by Gasteiger charge is 2.11. The highest BCUT2D eigenvalue weighted by atomic mass is 32.1. The van der Waals surface area contributed by atoms with Crippen LogP contribution in [0, 0.1) is 0 Å². The molecular weight excluding hydrogens is 386 g/mol. The van der Waals surface area contributed by atoms with E-state index in [1.54, 1.807) is 42.5 Å². The van der Waals surface area contributed by atoms with Crippen molar-refractivity contribution in [1.82, 2.24) is 10.6 Å². The van der Waals surface area contributed by atoms with Crippen LogP contribution in [-0.2, 0) is 0 Å². The summed E-state index contributed by atoms with van der Waals surface area (Å²) in [6.45, 7) is 7.82. The third-order valence-electron chi connectivity index (χ3n) is 4.06. The van der Waals surface area contributed by atoms with E-state index in [1.165, 1.54) is 0 Å². The van der Waals surface area contributed by atoms with E-state index in [1.807, 2.05) is 33.8 Å². The Bertz CT molecular complexity index is 866. The number of ether oxygens (including phenoxy) is 1. The molecular formula is C22H27N3O3S. The van der Waals surface area contributed by atoms with Crippen LogP contribution in [0.25, 0.3) is 0 Å². The van der Waals surface area contributed by atoms with Crippen molar-refractivity contribution in [2.45, 2.75) is 46.3 Å². The second kappa shape index (κ2) is 10.6. The van der Waals surface area contributed by atoms with Gasteiger partial charge in [0, 0.05) is 22.9 Å². The maximum atomic E-state index is 12.5. The number of hydrogen-bond acceptors (Lipinski definition) is 4. The van der Waals surface area contributed by atoms with Crippen molar-refractivity contribution in [3.05, 3.63) is 59.7 Å². The van der Waals surface area contributed by atoms with Gasteiger partial charge in [-0.1, -0.05) is 13.0 Å². The van der Waals surface area contributed by atoms with Gasteiger partial charge in [-0.05, 0) is 81.9 Å². The zero-order valence-corrected chi connectivity index (χ0v) is 17.9. The number of anilines is 1. The standard InChI is InChI=1S/C22H27N3O3S/c1-5-15(4)28-19-8-6-7-17(13-19)21(27)25-22(29)24-18-11-9-16(10-12-18)20(26)23-14(2)3/h6-15H,5H2,1-4H3,(H,23,26)(H2,24,25,27,29). The second-order valence-electron chi connectivity index (χ2n) is 6.98. The van der Waals surface area contributed by atoms with Crippen LogP contribution >= 0.6 is 12.2 Å². The summed E-state index contributed by atoms with van der Waals surface area (Å²) in [7, 11) is 0. The fraction of sp³-hybridized carbons (Fsp3) is 0.318. The third kappa shape index (κ3) is 7.19. The average molecular weight is 414 g/mol. The first-order chi connectivity index (χ1) is 13.8. The molecule has 154 valence electrons. The van der Waals surface area contributed by atoms with Gasteiger partial charge in [0.05, 0.1) is 6.10 Å². The van der Waals surface area contributed by atoms with E-state index in [9.17, 15) is 9.59 Å². The SMILES string of the molecule is CCC(C)Oc1cccc(C(=O)NC(=S)Nc2ccc(C(=O)NC(C)C)cc2)c1. The number of carbonyl (C=O) groups is 2. The minimum Gasteiger partial charge on any atom is -0.491 e. The Balaban J connectivity index is 1.94. The molecule has 0 saturated carbocycles. The van der Waals surface area contributed by atoms with Crippen LogP contribution in [0.5, 0.6) is 5.75 Å². The molecule has 0 spiro atoms. The number of benzene rings is 2. The van der Waals surface area contributed by atoms with Gasteiger partial charge >= 0.3 is 0 Å². The maximum Gasteiger partial charge on any atom is 0.257 e. The minimum atomic E-state index is -0.329. The molecule has 1 atom stereocenters. The molecule has 2 rings (SSSR count). The van der Waals surface area contributed by atoms with Crippen molar-refractivity contribution >= 4 is 34.8 Å². The van der Waals surface area contributed by atoms with Gasteiger partial charge in [0.1, 0.15) is 5.75 Å². The molecule has 0 aliphatic heterocycles. The Morgan fingerprint density at radius 3 is 2.31 bits per heavy atom. The predicted octanol–water partition coefficient (Wildman–Crippen LogP) is 4.13. The summed E-state index contributed by atoms with van der Waals surface area (Å²) < 4.78 is 5.75. The number of thiocarbonyl (C=S) groups is 1. The predicted molar refractivity (Wildman–Crippen MR) is 120 cm³/mol. The van der Waals surface area contributed by atoms with Crippen LogP contribution in [0.2, 0.25) is 0 Å². The van der Waals surface area contributed by atoms with Gasteiger partial charge < -0.3 is 15.4 Å². The van der Waals surface area contributed by atoms with E-state index >= 15 is 0 Å². The van der Waals surface area contributed by atoms with Crippen LogP contribution in [0.15, 0.2) is 48.5 Å². The van der Waals surface area contributed by atoms with Crippen LogP contribution in [0.4, 0.5) is 5.69 Å². The molecule has 7 heteroatoms. The van der Waals surface area contributed by atoms with Gasteiger partial charge in [0.25, 0.3) is 11.8 Å². The molecule has 2 amide bonds. The van der Waals surface area contributed by atoms with E-state index in [0.717, 1.165) is 6.42 Å². The Kier molecular flexibility index (Phi) is 8.15. The monoisotopic (exact) mass is 413 g/mol. The molecule has 1 unspecified atom stereocenters. The zero-order valence-electron chi connectivity index (χ0n) is 17.1. The molecule has 2 aromatic rings. The molecule has 3 N–H and O–H groups in total. The van der Waals surface area contributed by atoms with Crippen molar-refractivity contribution in [3.8, 4) is 5.75 Å². The van der Waals surface area contributed by atoms with Gasteiger partial charge in [0.2, 0.25) is 0 Å². The summed E-state index contributed by atoms with van der Waals surface area (Å²) >= 11 is 5.22. The summed E-state index contributed by atoms with van der Waals surface area (Å²) in [5.74, 6) is 0.174. The summed E-state index contributed by atoms with van der Waals surface area (Å²) in [4.78, 5) is 24.4. The topological polar surface area (TPSA) is 79.5 Å². The van der Waals surface area contributed by atoms with E-state index < -0.39 is 0 Å². The van der Waals surface area contributed by atoms with Crippen molar-refractivity contribution in [1.29, 1.82) is 0 Å². The van der Waals surface area contributed by atoms with Gasteiger partial charge in [-0.15, -0.1) is 0 Å². The zero-order chi connectivity index (χ0) is 21.4. The molecule has 6 nitrogen and oxygen atoms in total. The molecule has 0 fully saturated rings. The number of hydrogen-bond donors (Lipinski definition) is 3. The van der Waals surface area contributed by atoms with E-state index in [2.05, 4.69) is 16.0 Å². The molecule has 0 saturated heterocycles. The number of nitrogens with one attached hydrogen (secondary N) is 3. The van der Waals surface area contributed by atoms with Crippen molar-refractivity contribution in [3.63, 3.8) is 0 Å². The smallest absolute Gasteiger partial charge is 0.257 e. The lowest BCUT2D eigenvalue weighted by molar-refractivity contribution is 0.0941. The molecule has 0 aliphatic rings. The molecule has 0 radical (unpaired) electrons. The average Bonchev–Trinajstić information content (AvgIpc) is 2.68. The Labute approximate surface area is 177 Å². The first-order valence-corrected chi connectivity index (χ1v) is 9.99. The van der Waals surface area contributed by atoms with Crippen LogP contribution in [0.3, 0.4) is 0 Å². The van der Waals surface area contributed by atoms with Crippen LogP contribution in [-0.4, -0.2) is 29.1 Å². The molecule has 0 aliphatic carbocycles. The Hall–Kier alpha value is -2.93. The van der Waals surface area contributed by atoms with E-state index in [0.29, 0.717) is 22.6 Å². The van der Waals surface area contributed by atoms with Gasteiger partial charge in [0.15, 0.2) is 5.11 Å². The van der Waals surface area contributed by atoms with Crippen LogP contribution < -0.4 is 20.7 Å². The van der Waals surface area contributed by atoms with Gasteiger partial charge in [-0.3, -0.25) is 14.9 Å². The minimum absolute atomic E-state index is 0.0668.